The Hall–Kier alpha value is -2.17. The van der Waals surface area contributed by atoms with Crippen molar-refractivity contribution in [2.24, 2.45) is 7.05 Å². The molecule has 2 N–H and O–H groups in total. The third-order valence-corrected chi connectivity index (χ3v) is 4.75. The van der Waals surface area contributed by atoms with Gasteiger partial charge in [-0.3, -0.25) is 4.68 Å². The van der Waals surface area contributed by atoms with Crippen LogP contribution < -0.4 is 15.4 Å². The number of anilines is 2. The van der Waals surface area contributed by atoms with Crippen molar-refractivity contribution in [2.45, 2.75) is 18.8 Å². The number of methoxy groups -OCH3 is 1. The average molecular weight is 284 g/mol. The number of hydrogen-bond acceptors (Lipinski definition) is 4. The molecule has 0 radical (unpaired) electrons. The van der Waals surface area contributed by atoms with Gasteiger partial charge in [0.2, 0.25) is 0 Å². The second-order valence-electron chi connectivity index (χ2n) is 5.92. The van der Waals surface area contributed by atoms with Gasteiger partial charge < -0.3 is 15.4 Å². The van der Waals surface area contributed by atoms with Crippen LogP contribution in [0.5, 0.6) is 5.75 Å². The third-order valence-electron chi connectivity index (χ3n) is 4.75. The largest absolute Gasteiger partial charge is 0.495 e. The van der Waals surface area contributed by atoms with Gasteiger partial charge in [0, 0.05) is 31.6 Å². The number of nitrogens with two attached hydrogens (primary N) is 1. The van der Waals surface area contributed by atoms with E-state index in [1.54, 1.807) is 7.11 Å². The molecule has 0 saturated carbocycles. The van der Waals surface area contributed by atoms with E-state index in [0.29, 0.717) is 11.6 Å². The maximum Gasteiger partial charge on any atom is 0.141 e. The molecule has 0 spiro atoms. The minimum absolute atomic E-state index is 0.626. The van der Waals surface area contributed by atoms with Crippen molar-refractivity contribution >= 4 is 11.4 Å². The van der Waals surface area contributed by atoms with E-state index in [4.69, 9.17) is 15.6 Å². The highest BCUT2D eigenvalue weighted by Crippen LogP contribution is 2.47. The van der Waals surface area contributed by atoms with Crippen LogP contribution in [-0.2, 0) is 7.05 Å². The Bertz CT molecular complexity index is 699. The maximum absolute atomic E-state index is 6.07. The molecule has 1 fully saturated rings. The molecule has 1 saturated heterocycles. The number of piperidine rings is 1. The number of fused-ring (bicyclic) bond motifs is 2. The summed E-state index contributed by atoms with van der Waals surface area (Å²) in [7, 11) is 3.66. The first-order valence-electron chi connectivity index (χ1n) is 7.44. The number of nitrogens with zero attached hydrogens (tertiary/aromatic N) is 3. The normalized spacial score (nSPS) is 17.1. The van der Waals surface area contributed by atoms with Crippen LogP contribution in [0.15, 0.2) is 18.2 Å². The Balaban J connectivity index is 1.88. The van der Waals surface area contributed by atoms with Gasteiger partial charge in [-0.15, -0.1) is 0 Å². The molecular weight excluding hydrogens is 264 g/mol. The van der Waals surface area contributed by atoms with E-state index >= 15 is 0 Å². The van der Waals surface area contributed by atoms with Crippen molar-refractivity contribution in [1.82, 2.24) is 9.78 Å². The average Bonchev–Trinajstić information content (AvgIpc) is 2.87. The van der Waals surface area contributed by atoms with Crippen LogP contribution in [0.2, 0.25) is 0 Å². The van der Waals surface area contributed by atoms with Gasteiger partial charge in [-0.1, -0.05) is 0 Å². The van der Waals surface area contributed by atoms with Crippen molar-refractivity contribution in [1.29, 1.82) is 0 Å². The van der Waals surface area contributed by atoms with Crippen LogP contribution >= 0.6 is 0 Å². The minimum atomic E-state index is 0.626. The molecule has 1 aromatic heterocycles. The smallest absolute Gasteiger partial charge is 0.141 e. The van der Waals surface area contributed by atoms with E-state index in [2.05, 4.69) is 11.0 Å². The molecule has 1 aromatic carbocycles. The molecule has 0 amide bonds. The molecule has 3 aliphatic heterocycles. The lowest BCUT2D eigenvalue weighted by Gasteiger charge is -2.39. The van der Waals surface area contributed by atoms with Crippen LogP contribution in [0.4, 0.5) is 11.4 Å². The standard InChI is InChI=1S/C16H20N4O/c1-19-15(11-3-4-13(21-2)12(17)9-11)16-14(18-19)10-5-7-20(16)8-6-10/h3-4,9-10H,5-8,17H2,1-2H3. The summed E-state index contributed by atoms with van der Waals surface area (Å²) in [6.07, 6.45) is 2.46. The monoisotopic (exact) mass is 284 g/mol. The van der Waals surface area contributed by atoms with Gasteiger partial charge in [0.25, 0.3) is 0 Å². The maximum atomic E-state index is 6.07. The molecule has 0 atom stereocenters. The Morgan fingerprint density at radius 3 is 2.71 bits per heavy atom. The fourth-order valence-electron chi connectivity index (χ4n) is 3.70. The topological polar surface area (TPSA) is 56.3 Å². The summed E-state index contributed by atoms with van der Waals surface area (Å²) < 4.78 is 7.25. The van der Waals surface area contributed by atoms with E-state index in [9.17, 15) is 0 Å². The molecule has 0 aliphatic carbocycles. The van der Waals surface area contributed by atoms with E-state index in [1.807, 2.05) is 23.9 Å². The molecule has 2 bridgehead atoms. The van der Waals surface area contributed by atoms with Gasteiger partial charge in [0.1, 0.15) is 5.75 Å². The molecule has 110 valence electrons. The molecular formula is C16H20N4O. The van der Waals surface area contributed by atoms with Crippen molar-refractivity contribution < 1.29 is 4.74 Å². The van der Waals surface area contributed by atoms with Crippen LogP contribution in [0, 0.1) is 0 Å². The van der Waals surface area contributed by atoms with Crippen molar-refractivity contribution in [3.8, 4) is 17.0 Å². The van der Waals surface area contributed by atoms with Gasteiger partial charge in [-0.2, -0.15) is 5.10 Å². The van der Waals surface area contributed by atoms with Gasteiger partial charge in [-0.25, -0.2) is 0 Å². The second kappa shape index (κ2) is 4.41. The Kier molecular flexibility index (Phi) is 2.64. The number of aromatic nitrogens is 2. The zero-order valence-electron chi connectivity index (χ0n) is 12.5. The number of ether oxygens (including phenoxy) is 1. The number of benzene rings is 1. The fraction of sp³-hybridized carbons (Fsp3) is 0.438. The molecule has 5 nitrogen and oxygen atoms in total. The van der Waals surface area contributed by atoms with Gasteiger partial charge in [-0.05, 0) is 31.0 Å². The highest BCUT2D eigenvalue weighted by Gasteiger charge is 2.36. The zero-order valence-corrected chi connectivity index (χ0v) is 12.5. The minimum Gasteiger partial charge on any atom is -0.495 e. The van der Waals surface area contributed by atoms with Crippen LogP contribution in [0.3, 0.4) is 0 Å². The summed E-state index contributed by atoms with van der Waals surface area (Å²) in [5, 5.41) is 4.79. The second-order valence-corrected chi connectivity index (χ2v) is 5.92. The number of nitrogen functional groups attached to an aromatic ring is 1. The van der Waals surface area contributed by atoms with Crippen LogP contribution in [-0.4, -0.2) is 30.0 Å². The van der Waals surface area contributed by atoms with E-state index in [-0.39, 0.29) is 0 Å². The summed E-state index contributed by atoms with van der Waals surface area (Å²) in [6.45, 7) is 2.28. The van der Waals surface area contributed by atoms with E-state index in [0.717, 1.165) is 24.4 Å². The lowest BCUT2D eigenvalue weighted by atomic mass is 9.86. The lowest BCUT2D eigenvalue weighted by Crippen LogP contribution is -2.38. The Morgan fingerprint density at radius 2 is 2.05 bits per heavy atom. The van der Waals surface area contributed by atoms with Crippen LogP contribution in [0.25, 0.3) is 11.3 Å². The van der Waals surface area contributed by atoms with Crippen molar-refractivity contribution in [3.05, 3.63) is 23.9 Å². The molecule has 3 aliphatic rings. The molecule has 0 unspecified atom stereocenters. The summed E-state index contributed by atoms with van der Waals surface area (Å²) in [6, 6.07) is 5.98. The third kappa shape index (κ3) is 1.73. The van der Waals surface area contributed by atoms with Crippen LogP contribution in [0.1, 0.15) is 24.5 Å². The highest BCUT2D eigenvalue weighted by atomic mass is 16.5. The number of rotatable bonds is 2. The molecule has 5 rings (SSSR count). The van der Waals surface area contributed by atoms with E-state index < -0.39 is 0 Å². The molecule has 21 heavy (non-hydrogen) atoms. The predicted molar refractivity (Wildman–Crippen MR) is 83.8 cm³/mol. The number of aryl methyl sites for hydroxylation is 1. The predicted octanol–water partition coefficient (Wildman–Crippen LogP) is 2.38. The molecule has 4 heterocycles. The van der Waals surface area contributed by atoms with Gasteiger partial charge in [0.05, 0.1) is 29.9 Å². The van der Waals surface area contributed by atoms with Crippen molar-refractivity contribution in [2.75, 3.05) is 30.8 Å². The summed E-state index contributed by atoms with van der Waals surface area (Å²) in [5.74, 6) is 1.34. The molecule has 2 aromatic rings. The van der Waals surface area contributed by atoms with E-state index in [1.165, 1.54) is 29.9 Å². The van der Waals surface area contributed by atoms with Gasteiger partial charge >= 0.3 is 0 Å². The first-order valence-corrected chi connectivity index (χ1v) is 7.44. The number of hydrogen-bond donors (Lipinski definition) is 1. The highest BCUT2D eigenvalue weighted by molar-refractivity contribution is 5.81. The summed E-state index contributed by atoms with van der Waals surface area (Å²) in [4.78, 5) is 2.47. The lowest BCUT2D eigenvalue weighted by molar-refractivity contribution is 0.417. The SMILES string of the molecule is COc1ccc(-c2c3c(nn2C)C2CCN3CC2)cc1N. The Morgan fingerprint density at radius 1 is 1.29 bits per heavy atom. The quantitative estimate of drug-likeness (QED) is 0.860. The first kappa shape index (κ1) is 12.6. The first-order chi connectivity index (χ1) is 10.2. The fourth-order valence-corrected chi connectivity index (χ4v) is 3.70. The van der Waals surface area contributed by atoms with Gasteiger partial charge in [0.15, 0.2) is 0 Å². The zero-order chi connectivity index (χ0) is 14.6. The molecule has 5 heteroatoms. The van der Waals surface area contributed by atoms with Crippen molar-refractivity contribution in [3.63, 3.8) is 0 Å². The summed E-state index contributed by atoms with van der Waals surface area (Å²) >= 11 is 0. The Labute approximate surface area is 124 Å². The summed E-state index contributed by atoms with van der Waals surface area (Å²) in [5.41, 5.74) is 11.6.